The first kappa shape index (κ1) is 11.7. The summed E-state index contributed by atoms with van der Waals surface area (Å²) in [6, 6.07) is -0.796. The second-order valence-electron chi connectivity index (χ2n) is 3.00. The predicted octanol–water partition coefficient (Wildman–Crippen LogP) is 0.424. The Morgan fingerprint density at radius 2 is 2.21 bits per heavy atom. The zero-order valence-electron chi connectivity index (χ0n) is 7.86. The quantitative estimate of drug-likeness (QED) is 0.742. The van der Waals surface area contributed by atoms with E-state index in [1.54, 1.807) is 23.5 Å². The Balaban J connectivity index is 2.36. The van der Waals surface area contributed by atoms with E-state index in [4.69, 9.17) is 5.11 Å². The minimum atomic E-state index is -0.994. The number of hydrogen-bond donors (Lipinski definition) is 2. The average molecular weight is 235 g/mol. The molecule has 2 N–H and O–H groups in total. The van der Waals surface area contributed by atoms with Gasteiger partial charge in [0.25, 0.3) is 0 Å². The second kappa shape index (κ2) is 5.50. The molecular formula is C8H13NO3S2. The molecule has 2 atom stereocenters. The number of carboxylic acid groups (broad SMARTS) is 1. The number of rotatable bonds is 3. The van der Waals surface area contributed by atoms with E-state index in [2.05, 4.69) is 5.32 Å². The summed E-state index contributed by atoms with van der Waals surface area (Å²) in [6.07, 6.45) is 0. The molecule has 0 spiro atoms. The third-order valence-corrected chi connectivity index (χ3v) is 4.59. The van der Waals surface area contributed by atoms with E-state index in [-0.39, 0.29) is 11.2 Å². The van der Waals surface area contributed by atoms with Crippen molar-refractivity contribution in [3.8, 4) is 0 Å². The summed E-state index contributed by atoms with van der Waals surface area (Å²) in [5.74, 6) is 1.67. The van der Waals surface area contributed by atoms with Crippen LogP contribution in [0.1, 0.15) is 6.92 Å². The van der Waals surface area contributed by atoms with Crippen molar-refractivity contribution in [1.29, 1.82) is 0 Å². The molecule has 0 aromatic rings. The monoisotopic (exact) mass is 235 g/mol. The molecule has 14 heavy (non-hydrogen) atoms. The van der Waals surface area contributed by atoms with Gasteiger partial charge in [-0.2, -0.15) is 11.8 Å². The van der Waals surface area contributed by atoms with Crippen LogP contribution in [0, 0.1) is 0 Å². The Labute approximate surface area is 91.2 Å². The van der Waals surface area contributed by atoms with Crippen LogP contribution in [0.3, 0.4) is 0 Å². The summed E-state index contributed by atoms with van der Waals surface area (Å²) in [5.41, 5.74) is 0. The van der Waals surface area contributed by atoms with Crippen LogP contribution in [-0.2, 0) is 9.59 Å². The Morgan fingerprint density at radius 1 is 1.50 bits per heavy atom. The van der Waals surface area contributed by atoms with Gasteiger partial charge < -0.3 is 10.4 Å². The van der Waals surface area contributed by atoms with Gasteiger partial charge in [-0.15, -0.1) is 11.8 Å². The molecule has 1 saturated heterocycles. The molecule has 1 rings (SSSR count). The van der Waals surface area contributed by atoms with E-state index in [0.717, 1.165) is 17.3 Å². The Bertz CT molecular complexity index is 229. The van der Waals surface area contributed by atoms with Gasteiger partial charge in [-0.1, -0.05) is 0 Å². The second-order valence-corrected chi connectivity index (χ2v) is 5.46. The minimum Gasteiger partial charge on any atom is -0.480 e. The molecule has 6 heteroatoms. The summed E-state index contributed by atoms with van der Waals surface area (Å²) >= 11 is 3.34. The molecule has 0 aliphatic carbocycles. The number of aliphatic carboxylic acids is 1. The highest BCUT2D eigenvalue weighted by Crippen LogP contribution is 2.23. The smallest absolute Gasteiger partial charge is 0.325 e. The van der Waals surface area contributed by atoms with Crippen LogP contribution in [-0.4, -0.2) is 45.5 Å². The molecule has 2 unspecified atom stereocenters. The number of hydrogen-bond acceptors (Lipinski definition) is 4. The Hall–Kier alpha value is -0.360. The fraction of sp³-hybridized carbons (Fsp3) is 0.750. The average Bonchev–Trinajstić information content (AvgIpc) is 2.19. The van der Waals surface area contributed by atoms with Crippen LogP contribution in [0.15, 0.2) is 0 Å². The summed E-state index contributed by atoms with van der Waals surface area (Å²) in [6.45, 7) is 1.47. The van der Waals surface area contributed by atoms with Gasteiger partial charge in [0.05, 0.1) is 5.25 Å². The van der Waals surface area contributed by atoms with Crippen molar-refractivity contribution in [3.63, 3.8) is 0 Å². The Morgan fingerprint density at radius 3 is 2.71 bits per heavy atom. The molecule has 1 amide bonds. The highest BCUT2D eigenvalue weighted by Gasteiger charge is 2.24. The summed E-state index contributed by atoms with van der Waals surface area (Å²) in [5, 5.41) is 11.0. The maximum Gasteiger partial charge on any atom is 0.325 e. The van der Waals surface area contributed by atoms with Crippen LogP contribution in [0.5, 0.6) is 0 Å². The third kappa shape index (κ3) is 3.42. The lowest BCUT2D eigenvalue weighted by atomic mass is 10.3. The van der Waals surface area contributed by atoms with E-state index in [9.17, 15) is 9.59 Å². The lowest BCUT2D eigenvalue weighted by Crippen LogP contribution is -2.44. The number of carbonyl (C=O) groups is 2. The zero-order chi connectivity index (χ0) is 10.6. The molecular weight excluding hydrogens is 222 g/mol. The summed E-state index contributed by atoms with van der Waals surface area (Å²) < 4.78 is 0. The van der Waals surface area contributed by atoms with Gasteiger partial charge in [0.1, 0.15) is 6.04 Å². The molecule has 4 nitrogen and oxygen atoms in total. The molecule has 1 aliphatic heterocycles. The largest absolute Gasteiger partial charge is 0.480 e. The minimum absolute atomic E-state index is 0.0875. The number of carbonyl (C=O) groups excluding carboxylic acids is 1. The predicted molar refractivity (Wildman–Crippen MR) is 58.8 cm³/mol. The highest BCUT2D eigenvalue weighted by molar-refractivity contribution is 8.07. The summed E-state index contributed by atoms with van der Waals surface area (Å²) in [7, 11) is 0. The first-order valence-electron chi connectivity index (χ1n) is 4.34. The van der Waals surface area contributed by atoms with Crippen molar-refractivity contribution in [2.45, 2.75) is 18.2 Å². The maximum atomic E-state index is 11.5. The molecule has 1 fully saturated rings. The van der Waals surface area contributed by atoms with Crippen molar-refractivity contribution in [2.24, 2.45) is 0 Å². The van der Waals surface area contributed by atoms with Crippen molar-refractivity contribution in [1.82, 2.24) is 5.32 Å². The van der Waals surface area contributed by atoms with Gasteiger partial charge in [0.15, 0.2) is 0 Å². The fourth-order valence-corrected chi connectivity index (χ4v) is 3.57. The fourth-order valence-electron chi connectivity index (χ4n) is 1.01. The van der Waals surface area contributed by atoms with E-state index >= 15 is 0 Å². The molecule has 0 bridgehead atoms. The highest BCUT2D eigenvalue weighted by atomic mass is 32.2. The van der Waals surface area contributed by atoms with Gasteiger partial charge in [0.2, 0.25) is 5.91 Å². The van der Waals surface area contributed by atoms with Gasteiger partial charge >= 0.3 is 5.97 Å². The molecule has 1 heterocycles. The van der Waals surface area contributed by atoms with Gasteiger partial charge in [0, 0.05) is 17.3 Å². The van der Waals surface area contributed by atoms with Crippen LogP contribution >= 0.6 is 23.5 Å². The van der Waals surface area contributed by atoms with Gasteiger partial charge in [-0.25, -0.2) is 0 Å². The van der Waals surface area contributed by atoms with Crippen LogP contribution < -0.4 is 5.32 Å². The van der Waals surface area contributed by atoms with E-state index in [0.29, 0.717) is 0 Å². The number of carboxylic acids is 1. The van der Waals surface area contributed by atoms with Gasteiger partial charge in [-0.05, 0) is 6.92 Å². The Kier molecular flexibility index (Phi) is 4.60. The molecule has 0 saturated carbocycles. The molecule has 80 valence electrons. The normalized spacial score (nSPS) is 23.9. The SMILES string of the molecule is CC(NC(=O)C1CSCCS1)C(=O)O. The lowest BCUT2D eigenvalue weighted by molar-refractivity contribution is -0.141. The van der Waals surface area contributed by atoms with E-state index in [1.165, 1.54) is 6.92 Å². The topological polar surface area (TPSA) is 66.4 Å². The van der Waals surface area contributed by atoms with Crippen LogP contribution in [0.4, 0.5) is 0 Å². The van der Waals surface area contributed by atoms with Crippen molar-refractivity contribution >= 4 is 35.4 Å². The van der Waals surface area contributed by atoms with Crippen molar-refractivity contribution in [3.05, 3.63) is 0 Å². The molecule has 1 aliphatic rings. The lowest BCUT2D eigenvalue weighted by Gasteiger charge is -2.21. The molecule has 0 aromatic carbocycles. The van der Waals surface area contributed by atoms with E-state index < -0.39 is 12.0 Å². The number of amides is 1. The summed E-state index contributed by atoms with van der Waals surface area (Å²) in [4.78, 5) is 22.0. The standard InChI is InChI=1S/C8H13NO3S2/c1-5(8(11)12)9-7(10)6-4-13-2-3-14-6/h5-6H,2-4H2,1H3,(H,9,10)(H,11,12). The molecule has 0 aromatic heterocycles. The van der Waals surface area contributed by atoms with Gasteiger partial charge in [-0.3, -0.25) is 9.59 Å². The third-order valence-electron chi connectivity index (χ3n) is 1.84. The first-order valence-corrected chi connectivity index (χ1v) is 6.54. The first-order chi connectivity index (χ1) is 6.61. The number of thioether (sulfide) groups is 2. The van der Waals surface area contributed by atoms with Crippen molar-refractivity contribution in [2.75, 3.05) is 17.3 Å². The van der Waals surface area contributed by atoms with Crippen LogP contribution in [0.2, 0.25) is 0 Å². The van der Waals surface area contributed by atoms with Crippen molar-refractivity contribution < 1.29 is 14.7 Å². The van der Waals surface area contributed by atoms with Crippen LogP contribution in [0.25, 0.3) is 0 Å². The maximum absolute atomic E-state index is 11.5. The van der Waals surface area contributed by atoms with E-state index in [1.807, 2.05) is 0 Å². The number of nitrogens with one attached hydrogen (secondary N) is 1. The molecule has 0 radical (unpaired) electrons. The zero-order valence-corrected chi connectivity index (χ0v) is 9.49.